The first kappa shape index (κ1) is 12.1. The number of aromatic carboxylic acids is 1. The Morgan fingerprint density at radius 2 is 2.16 bits per heavy atom. The highest BCUT2D eigenvalue weighted by Crippen LogP contribution is 2.41. The molecule has 1 aliphatic rings. The number of carboxylic acids is 1. The molecule has 0 saturated heterocycles. The Morgan fingerprint density at radius 1 is 1.42 bits per heavy atom. The first-order chi connectivity index (χ1) is 8.92. The van der Waals surface area contributed by atoms with Gasteiger partial charge in [0.15, 0.2) is 0 Å². The van der Waals surface area contributed by atoms with Gasteiger partial charge in [-0.3, -0.25) is 0 Å². The predicted octanol–water partition coefficient (Wildman–Crippen LogP) is 3.30. The Kier molecular flexibility index (Phi) is 2.39. The Balaban J connectivity index is 2.49. The van der Waals surface area contributed by atoms with Gasteiger partial charge in [-0.05, 0) is 24.5 Å². The van der Waals surface area contributed by atoms with Crippen LogP contribution < -0.4 is 0 Å². The van der Waals surface area contributed by atoms with Crippen LogP contribution in [0.2, 0.25) is 0 Å². The molecule has 1 aromatic carbocycles. The molecule has 0 amide bonds. The minimum atomic E-state index is -1.01. The highest BCUT2D eigenvalue weighted by Gasteiger charge is 2.35. The van der Waals surface area contributed by atoms with E-state index in [0.717, 1.165) is 17.7 Å². The van der Waals surface area contributed by atoms with Crippen LogP contribution in [0.4, 0.5) is 4.39 Å². The number of para-hydroxylation sites is 1. The number of carbonyl (C=O) groups is 1. The van der Waals surface area contributed by atoms with E-state index in [1.165, 1.54) is 12.1 Å². The summed E-state index contributed by atoms with van der Waals surface area (Å²) in [5.74, 6) is -1.47. The maximum atomic E-state index is 13.9. The number of nitrogens with zero attached hydrogens (tertiary/aromatic N) is 1. The van der Waals surface area contributed by atoms with Gasteiger partial charge in [0, 0.05) is 10.8 Å². The van der Waals surface area contributed by atoms with Gasteiger partial charge in [-0.1, -0.05) is 26.0 Å². The van der Waals surface area contributed by atoms with E-state index in [0.29, 0.717) is 11.8 Å². The van der Waals surface area contributed by atoms with Gasteiger partial charge >= 0.3 is 5.97 Å². The summed E-state index contributed by atoms with van der Waals surface area (Å²) in [5, 5.41) is 9.85. The van der Waals surface area contributed by atoms with Crippen molar-refractivity contribution in [3.63, 3.8) is 0 Å². The van der Waals surface area contributed by atoms with Gasteiger partial charge in [0.05, 0.1) is 11.3 Å². The van der Waals surface area contributed by atoms with Crippen molar-refractivity contribution < 1.29 is 14.3 Å². The van der Waals surface area contributed by atoms with Crippen molar-refractivity contribution in [3.05, 3.63) is 40.8 Å². The number of hydrogen-bond acceptors (Lipinski definition) is 2. The number of fused-ring (bicyclic) bond motifs is 2. The van der Waals surface area contributed by atoms with E-state index in [2.05, 4.69) is 4.98 Å². The SMILES string of the molecule is CC1(C)CCc2c1nc1c(F)cccc1c2C(=O)O. The molecule has 0 saturated carbocycles. The summed E-state index contributed by atoms with van der Waals surface area (Å²) >= 11 is 0. The van der Waals surface area contributed by atoms with Crippen LogP contribution in [0.15, 0.2) is 18.2 Å². The number of pyridine rings is 1. The quantitative estimate of drug-likeness (QED) is 0.854. The first-order valence-electron chi connectivity index (χ1n) is 6.27. The normalized spacial score (nSPS) is 16.6. The number of rotatable bonds is 1. The van der Waals surface area contributed by atoms with Gasteiger partial charge in [-0.25, -0.2) is 14.2 Å². The van der Waals surface area contributed by atoms with Gasteiger partial charge < -0.3 is 5.11 Å². The average Bonchev–Trinajstić information content (AvgIpc) is 2.63. The Hall–Kier alpha value is -1.97. The topological polar surface area (TPSA) is 50.2 Å². The third kappa shape index (κ3) is 1.63. The second-order valence-electron chi connectivity index (χ2n) is 5.64. The average molecular weight is 259 g/mol. The van der Waals surface area contributed by atoms with Gasteiger partial charge in [-0.15, -0.1) is 0 Å². The third-order valence-electron chi connectivity index (χ3n) is 3.92. The summed E-state index contributed by atoms with van der Waals surface area (Å²) in [6.07, 6.45) is 1.52. The molecule has 1 N–H and O–H groups in total. The molecule has 0 fully saturated rings. The van der Waals surface area contributed by atoms with E-state index >= 15 is 0 Å². The van der Waals surface area contributed by atoms with Crippen LogP contribution in [-0.2, 0) is 11.8 Å². The summed E-state index contributed by atoms with van der Waals surface area (Å²) in [4.78, 5) is 16.0. The van der Waals surface area contributed by atoms with Crippen molar-refractivity contribution in [1.29, 1.82) is 0 Å². The molecule has 1 aromatic heterocycles. The molecule has 1 heterocycles. The van der Waals surface area contributed by atoms with E-state index in [9.17, 15) is 14.3 Å². The van der Waals surface area contributed by atoms with Gasteiger partial charge in [-0.2, -0.15) is 0 Å². The van der Waals surface area contributed by atoms with E-state index in [1.807, 2.05) is 13.8 Å². The lowest BCUT2D eigenvalue weighted by Gasteiger charge is -2.18. The lowest BCUT2D eigenvalue weighted by Crippen LogP contribution is -2.15. The molecule has 2 aromatic rings. The monoisotopic (exact) mass is 259 g/mol. The van der Waals surface area contributed by atoms with Crippen LogP contribution in [-0.4, -0.2) is 16.1 Å². The van der Waals surface area contributed by atoms with E-state index in [4.69, 9.17) is 0 Å². The van der Waals surface area contributed by atoms with Gasteiger partial charge in [0.2, 0.25) is 0 Å². The molecular weight excluding hydrogens is 245 g/mol. The number of halogens is 1. The molecule has 4 heteroatoms. The lowest BCUT2D eigenvalue weighted by molar-refractivity contribution is 0.0698. The number of hydrogen-bond donors (Lipinski definition) is 1. The zero-order valence-corrected chi connectivity index (χ0v) is 10.8. The summed E-state index contributed by atoms with van der Waals surface area (Å²) in [5.41, 5.74) is 1.66. The number of aromatic nitrogens is 1. The highest BCUT2D eigenvalue weighted by molar-refractivity contribution is 6.04. The van der Waals surface area contributed by atoms with Crippen LogP contribution in [0.3, 0.4) is 0 Å². The second-order valence-corrected chi connectivity index (χ2v) is 5.64. The van der Waals surface area contributed by atoms with Gasteiger partial charge in [0.25, 0.3) is 0 Å². The first-order valence-corrected chi connectivity index (χ1v) is 6.27. The smallest absolute Gasteiger partial charge is 0.336 e. The highest BCUT2D eigenvalue weighted by atomic mass is 19.1. The van der Waals surface area contributed by atoms with Crippen LogP contribution in [0.5, 0.6) is 0 Å². The molecule has 0 atom stereocenters. The van der Waals surface area contributed by atoms with Crippen LogP contribution in [0.25, 0.3) is 10.9 Å². The molecule has 0 bridgehead atoms. The van der Waals surface area contributed by atoms with Crippen LogP contribution in [0.1, 0.15) is 41.9 Å². The van der Waals surface area contributed by atoms with Crippen molar-refractivity contribution >= 4 is 16.9 Å². The Morgan fingerprint density at radius 3 is 2.84 bits per heavy atom. The van der Waals surface area contributed by atoms with E-state index in [1.54, 1.807) is 6.07 Å². The molecule has 98 valence electrons. The molecule has 3 rings (SSSR count). The molecule has 1 aliphatic carbocycles. The summed E-state index contributed by atoms with van der Waals surface area (Å²) in [6.45, 7) is 4.04. The summed E-state index contributed by atoms with van der Waals surface area (Å²) in [7, 11) is 0. The Bertz CT molecular complexity index is 707. The maximum absolute atomic E-state index is 13.9. The molecule has 3 nitrogen and oxygen atoms in total. The summed E-state index contributed by atoms with van der Waals surface area (Å²) < 4.78 is 13.9. The van der Waals surface area contributed by atoms with Crippen LogP contribution in [0, 0.1) is 5.82 Å². The largest absolute Gasteiger partial charge is 0.478 e. The molecule has 0 spiro atoms. The van der Waals surface area contributed by atoms with Crippen molar-refractivity contribution in [3.8, 4) is 0 Å². The minimum Gasteiger partial charge on any atom is -0.478 e. The number of benzene rings is 1. The summed E-state index contributed by atoms with van der Waals surface area (Å²) in [6, 6.07) is 4.47. The minimum absolute atomic E-state index is 0.161. The molecule has 19 heavy (non-hydrogen) atoms. The zero-order valence-electron chi connectivity index (χ0n) is 10.8. The fourth-order valence-corrected chi connectivity index (χ4v) is 2.89. The maximum Gasteiger partial charge on any atom is 0.336 e. The predicted molar refractivity (Wildman–Crippen MR) is 70.0 cm³/mol. The standard InChI is InChI=1S/C15H14FNO2/c1-15(2)7-6-9-11(14(18)19)8-4-3-5-10(16)12(8)17-13(9)15/h3-5H,6-7H2,1-2H3,(H,18,19). The molecule has 0 aliphatic heterocycles. The third-order valence-corrected chi connectivity index (χ3v) is 3.92. The van der Waals surface area contributed by atoms with Crippen molar-refractivity contribution in [2.45, 2.75) is 32.1 Å². The molecule has 0 unspecified atom stereocenters. The zero-order chi connectivity index (χ0) is 13.8. The fraction of sp³-hybridized carbons (Fsp3) is 0.333. The fourth-order valence-electron chi connectivity index (χ4n) is 2.89. The number of carboxylic acid groups (broad SMARTS) is 1. The van der Waals surface area contributed by atoms with Crippen LogP contribution >= 0.6 is 0 Å². The molecule has 0 radical (unpaired) electrons. The van der Waals surface area contributed by atoms with E-state index < -0.39 is 11.8 Å². The van der Waals surface area contributed by atoms with Crippen molar-refractivity contribution in [2.75, 3.05) is 0 Å². The molecular formula is C15H14FNO2. The van der Waals surface area contributed by atoms with Gasteiger partial charge in [0.1, 0.15) is 11.3 Å². The Labute approximate surface area is 110 Å². The second kappa shape index (κ2) is 3.76. The lowest BCUT2D eigenvalue weighted by atomic mass is 9.89. The van der Waals surface area contributed by atoms with E-state index in [-0.39, 0.29) is 16.5 Å². The van der Waals surface area contributed by atoms with Crippen molar-refractivity contribution in [1.82, 2.24) is 4.98 Å². The van der Waals surface area contributed by atoms with Crippen molar-refractivity contribution in [2.24, 2.45) is 0 Å².